The van der Waals surface area contributed by atoms with Gasteiger partial charge in [-0.3, -0.25) is 28.5 Å². The average molecular weight is 551 g/mol. The zero-order chi connectivity index (χ0) is 28.6. The lowest BCUT2D eigenvalue weighted by atomic mass is 10.1. The minimum atomic E-state index is -1.40. The lowest BCUT2D eigenvalue weighted by molar-refractivity contribution is 0.259. The lowest BCUT2D eigenvalue weighted by Gasteiger charge is -2.25. The Morgan fingerprint density at radius 3 is 1.70 bits per heavy atom. The Bertz CT molecular complexity index is 1850. The number of rotatable bonds is 0. The van der Waals surface area contributed by atoms with Gasteiger partial charge in [-0.15, -0.1) is 12.0 Å². The molecule has 6 rings (SSSR count). The summed E-state index contributed by atoms with van der Waals surface area (Å²) in [6.45, 7) is 11.3. The van der Waals surface area contributed by atoms with Crippen molar-refractivity contribution < 1.29 is 0 Å². The minimum Gasteiger partial charge on any atom is -0.297 e. The van der Waals surface area contributed by atoms with Crippen LogP contribution in [-0.2, 0) is 26.2 Å². The van der Waals surface area contributed by atoms with E-state index in [-0.39, 0.29) is 11.1 Å². The summed E-state index contributed by atoms with van der Waals surface area (Å²) in [5.74, 6) is 7.47. The van der Waals surface area contributed by atoms with Crippen molar-refractivity contribution in [3.05, 3.63) is 79.9 Å². The second-order valence-electron chi connectivity index (χ2n) is 11.6. The number of fused-ring (bicyclic) bond motifs is 4. The van der Waals surface area contributed by atoms with Crippen LogP contribution in [0.1, 0.15) is 22.8 Å². The van der Waals surface area contributed by atoms with Crippen LogP contribution < -0.4 is 11.1 Å². The number of terminal acetylenes is 1. The van der Waals surface area contributed by atoms with Gasteiger partial charge in [0.15, 0.2) is 0 Å². The van der Waals surface area contributed by atoms with Crippen LogP contribution in [-0.4, -0.2) is 64.2 Å². The van der Waals surface area contributed by atoms with E-state index < -0.39 is 8.07 Å². The van der Waals surface area contributed by atoms with Crippen molar-refractivity contribution in [1.29, 1.82) is 0 Å². The molecule has 0 fully saturated rings. The van der Waals surface area contributed by atoms with Crippen LogP contribution in [0.4, 0.5) is 0 Å². The standard InChI is InChI=1S/C17H21N3OSi.C14H13N3O/c1-19-8-9-20-16(12-19)18-15-11-13(7-10-22(2,3)4)5-6-14(15)17(20)21;1-3-10-4-5-11-12(8-10)15-13-9-16(2)6-7-17(13)14(11)18/h5-6,11H,8-9,12H2,1-4H3;1,4-5,8H,6-7,9H2,2H3. The molecule has 2 aliphatic heterocycles. The van der Waals surface area contributed by atoms with Gasteiger partial charge in [-0.1, -0.05) is 31.5 Å². The second kappa shape index (κ2) is 10.9. The van der Waals surface area contributed by atoms with Gasteiger partial charge in [0, 0.05) is 37.3 Å². The van der Waals surface area contributed by atoms with Gasteiger partial charge < -0.3 is 0 Å². The van der Waals surface area contributed by atoms with Gasteiger partial charge in [-0.25, -0.2) is 9.97 Å². The largest absolute Gasteiger partial charge is 0.297 e. The summed E-state index contributed by atoms with van der Waals surface area (Å²) >= 11 is 0. The second-order valence-corrected chi connectivity index (χ2v) is 16.3. The van der Waals surface area contributed by atoms with Crippen molar-refractivity contribution in [2.24, 2.45) is 0 Å². The van der Waals surface area contributed by atoms with E-state index in [1.165, 1.54) is 0 Å². The third-order valence-electron chi connectivity index (χ3n) is 7.05. The molecule has 204 valence electrons. The van der Waals surface area contributed by atoms with E-state index in [1.54, 1.807) is 27.3 Å². The van der Waals surface area contributed by atoms with Crippen LogP contribution in [0, 0.1) is 23.8 Å². The molecule has 9 heteroatoms. The Morgan fingerprint density at radius 1 is 0.750 bits per heavy atom. The molecule has 2 aliphatic rings. The van der Waals surface area contributed by atoms with E-state index in [2.05, 4.69) is 58.9 Å². The highest BCUT2D eigenvalue weighted by Crippen LogP contribution is 2.15. The molecular formula is C31H34N6O2Si. The van der Waals surface area contributed by atoms with Crippen molar-refractivity contribution >= 4 is 29.9 Å². The van der Waals surface area contributed by atoms with E-state index in [9.17, 15) is 9.59 Å². The van der Waals surface area contributed by atoms with Crippen LogP contribution >= 0.6 is 0 Å². The van der Waals surface area contributed by atoms with Crippen LogP contribution in [0.15, 0.2) is 46.0 Å². The van der Waals surface area contributed by atoms with Gasteiger partial charge in [-0.2, -0.15) is 0 Å². The van der Waals surface area contributed by atoms with Gasteiger partial charge in [0.25, 0.3) is 11.1 Å². The summed E-state index contributed by atoms with van der Waals surface area (Å²) in [6, 6.07) is 11.1. The molecule has 0 N–H and O–H groups in total. The first-order chi connectivity index (χ1) is 19.0. The maximum absolute atomic E-state index is 12.6. The molecule has 0 saturated carbocycles. The molecule has 0 amide bonds. The Labute approximate surface area is 235 Å². The third kappa shape index (κ3) is 5.78. The predicted molar refractivity (Wildman–Crippen MR) is 163 cm³/mol. The van der Waals surface area contributed by atoms with Crippen LogP contribution in [0.3, 0.4) is 0 Å². The molecule has 0 atom stereocenters. The zero-order valence-electron chi connectivity index (χ0n) is 23.8. The maximum atomic E-state index is 12.6. The summed E-state index contributed by atoms with van der Waals surface area (Å²) < 4.78 is 3.56. The molecule has 0 aliphatic carbocycles. The maximum Gasteiger partial charge on any atom is 0.261 e. The molecule has 0 bridgehead atoms. The summed E-state index contributed by atoms with van der Waals surface area (Å²) in [5.41, 5.74) is 6.60. The first-order valence-electron chi connectivity index (χ1n) is 13.5. The summed E-state index contributed by atoms with van der Waals surface area (Å²) in [5, 5.41) is 1.33. The number of benzene rings is 2. The van der Waals surface area contributed by atoms with Crippen molar-refractivity contribution in [3.63, 3.8) is 0 Å². The highest BCUT2D eigenvalue weighted by Gasteiger charge is 2.18. The Kier molecular flexibility index (Phi) is 7.48. The smallest absolute Gasteiger partial charge is 0.261 e. The molecule has 0 unspecified atom stereocenters. The van der Waals surface area contributed by atoms with E-state index in [4.69, 9.17) is 11.4 Å². The monoisotopic (exact) mass is 550 g/mol. The quantitative estimate of drug-likeness (QED) is 0.248. The fourth-order valence-electron chi connectivity index (χ4n) is 4.85. The summed E-state index contributed by atoms with van der Waals surface area (Å²) in [6.07, 6.45) is 5.37. The van der Waals surface area contributed by atoms with E-state index in [1.807, 2.05) is 25.2 Å². The molecule has 2 aromatic carbocycles. The third-order valence-corrected chi connectivity index (χ3v) is 7.93. The van der Waals surface area contributed by atoms with Crippen LogP contribution in [0.25, 0.3) is 21.8 Å². The average Bonchev–Trinajstić information content (AvgIpc) is 2.91. The molecule has 0 spiro atoms. The Hall–Kier alpha value is -4.02. The van der Waals surface area contributed by atoms with E-state index in [0.717, 1.165) is 47.9 Å². The molecule has 4 heterocycles. The number of hydrogen-bond acceptors (Lipinski definition) is 6. The fourth-order valence-corrected chi connectivity index (χ4v) is 5.37. The van der Waals surface area contributed by atoms with Crippen molar-refractivity contribution in [1.82, 2.24) is 28.9 Å². The summed E-state index contributed by atoms with van der Waals surface area (Å²) in [7, 11) is 2.67. The van der Waals surface area contributed by atoms with E-state index in [0.29, 0.717) is 35.9 Å². The van der Waals surface area contributed by atoms with Gasteiger partial charge in [0.05, 0.1) is 34.9 Å². The van der Waals surface area contributed by atoms with Gasteiger partial charge in [-0.05, 0) is 50.5 Å². The SMILES string of the molecule is C#Cc1ccc2c(=O)n3c(nc2c1)CN(C)CC3.CN1CCn2c(nc3cc(C#C[Si](C)(C)C)ccc3c2=O)C1. The van der Waals surface area contributed by atoms with Crippen LogP contribution in [0.5, 0.6) is 0 Å². The fraction of sp³-hybridized carbons (Fsp3) is 0.355. The molecule has 4 aromatic rings. The molecule has 0 radical (unpaired) electrons. The lowest BCUT2D eigenvalue weighted by Crippen LogP contribution is -2.38. The zero-order valence-corrected chi connectivity index (χ0v) is 24.8. The number of nitrogens with zero attached hydrogens (tertiary/aromatic N) is 6. The first-order valence-corrected chi connectivity index (χ1v) is 17.0. The minimum absolute atomic E-state index is 0.0340. The van der Waals surface area contributed by atoms with Gasteiger partial charge in [0.1, 0.15) is 19.7 Å². The molecule has 2 aromatic heterocycles. The van der Waals surface area contributed by atoms with Crippen molar-refractivity contribution in [2.45, 2.75) is 45.8 Å². The Balaban J connectivity index is 0.000000164. The van der Waals surface area contributed by atoms with Gasteiger partial charge >= 0.3 is 0 Å². The number of aromatic nitrogens is 4. The van der Waals surface area contributed by atoms with Crippen molar-refractivity contribution in [2.75, 3.05) is 27.2 Å². The predicted octanol–water partition coefficient (Wildman–Crippen LogP) is 2.89. The first kappa shape index (κ1) is 27.5. The van der Waals surface area contributed by atoms with Crippen molar-refractivity contribution in [3.8, 4) is 23.8 Å². The topological polar surface area (TPSA) is 76.3 Å². The molecular weight excluding hydrogens is 516 g/mol. The van der Waals surface area contributed by atoms with Crippen LogP contribution in [0.2, 0.25) is 19.6 Å². The van der Waals surface area contributed by atoms with E-state index >= 15 is 0 Å². The summed E-state index contributed by atoms with van der Waals surface area (Å²) in [4.78, 5) is 38.5. The van der Waals surface area contributed by atoms with Gasteiger partial charge in [0.2, 0.25) is 0 Å². The highest BCUT2D eigenvalue weighted by atomic mass is 28.3. The highest BCUT2D eigenvalue weighted by molar-refractivity contribution is 6.83. The normalized spacial score (nSPS) is 15.3. The molecule has 0 saturated heterocycles. The number of likely N-dealkylation sites (N-methyl/N-ethyl adjacent to an activating group) is 2. The Morgan fingerprint density at radius 2 is 1.23 bits per heavy atom. The molecule has 8 nitrogen and oxygen atoms in total. The number of hydrogen-bond donors (Lipinski definition) is 0. The molecule has 40 heavy (non-hydrogen) atoms.